The number of fused-ring (bicyclic) bond motifs is 5. The van der Waals surface area contributed by atoms with E-state index in [0.717, 1.165) is 6.92 Å². The monoisotopic (exact) mass is 417 g/mol. The molecule has 0 heterocycles. The summed E-state index contributed by atoms with van der Waals surface area (Å²) in [4.78, 5) is 28.0. The van der Waals surface area contributed by atoms with E-state index in [9.17, 15) is 11.0 Å². The van der Waals surface area contributed by atoms with Gasteiger partial charge in [0.2, 0.25) is 0 Å². The standard InChI is InChI=1S/C25H33NO4/c1-5-24-13-11-21-20-10-8-19(26-30-17(4)28)15-18(20)7-9-22(21)23(24)12-14-25(24,6-2)29-16(3)27/h2,15,20-23H,5,7-14H2,1,3-4H3/b26-19-/t20-,21?,22?,23?,24-,25-/m0/s1/i7D2,8D2,15D,20D. The Labute approximate surface area is 188 Å². The molecule has 0 radical (unpaired) electrons. The molecule has 0 aromatic rings. The fourth-order valence-electron chi connectivity index (χ4n) is 6.56. The van der Waals surface area contributed by atoms with Crippen molar-refractivity contribution in [2.24, 2.45) is 34.2 Å². The maximum absolute atomic E-state index is 12.0. The fourth-order valence-corrected chi connectivity index (χ4v) is 6.56. The number of hydrogen-bond acceptors (Lipinski definition) is 5. The molecule has 0 aliphatic heterocycles. The highest BCUT2D eigenvalue weighted by Gasteiger charge is 2.65. The maximum Gasteiger partial charge on any atom is 0.331 e. The Kier molecular flexibility index (Phi) is 3.89. The van der Waals surface area contributed by atoms with Crippen LogP contribution < -0.4 is 0 Å². The van der Waals surface area contributed by atoms with Crippen molar-refractivity contribution in [1.82, 2.24) is 0 Å². The summed E-state index contributed by atoms with van der Waals surface area (Å²) in [6.45, 7) is 4.45. The van der Waals surface area contributed by atoms with Gasteiger partial charge in [-0.05, 0) is 87.4 Å². The first kappa shape index (κ1) is 14.8. The molecular formula is C25H33NO4. The number of rotatable bonds is 3. The first-order valence-corrected chi connectivity index (χ1v) is 10.8. The van der Waals surface area contributed by atoms with Crippen molar-refractivity contribution >= 4 is 17.7 Å². The number of esters is 1. The van der Waals surface area contributed by atoms with Crippen LogP contribution in [0, 0.1) is 41.4 Å². The molecule has 5 nitrogen and oxygen atoms in total. The fraction of sp³-hybridized carbons (Fsp3) is 0.720. The lowest BCUT2D eigenvalue weighted by Crippen LogP contribution is -2.55. The van der Waals surface area contributed by atoms with Gasteiger partial charge in [0.25, 0.3) is 0 Å². The molecule has 0 aromatic carbocycles. The van der Waals surface area contributed by atoms with E-state index in [1.54, 1.807) is 0 Å². The van der Waals surface area contributed by atoms with Crippen LogP contribution in [0.15, 0.2) is 16.8 Å². The smallest absolute Gasteiger partial charge is 0.331 e. The number of allylic oxidation sites excluding steroid dienone is 2. The van der Waals surface area contributed by atoms with Gasteiger partial charge in [0.15, 0.2) is 5.60 Å². The van der Waals surface area contributed by atoms with Crippen molar-refractivity contribution in [3.05, 3.63) is 11.6 Å². The van der Waals surface area contributed by atoms with Crippen molar-refractivity contribution in [2.45, 2.75) is 84.1 Å². The Morgan fingerprint density at radius 3 is 2.73 bits per heavy atom. The molecule has 4 aliphatic rings. The molecule has 0 bridgehead atoms. The molecule has 4 rings (SSSR count). The average molecular weight is 418 g/mol. The molecule has 0 N–H and O–H groups in total. The lowest BCUT2D eigenvalue weighted by molar-refractivity contribution is -0.170. The number of hydrogen-bond donors (Lipinski definition) is 0. The summed E-state index contributed by atoms with van der Waals surface area (Å²) in [6, 6.07) is -0.498. The van der Waals surface area contributed by atoms with Gasteiger partial charge >= 0.3 is 11.9 Å². The van der Waals surface area contributed by atoms with Crippen LogP contribution in [0.2, 0.25) is 0 Å². The number of carbonyl (C=O) groups excluding carboxylic acids is 2. The van der Waals surface area contributed by atoms with E-state index in [1.807, 2.05) is 6.92 Å². The highest BCUT2D eigenvalue weighted by molar-refractivity contribution is 5.96. The van der Waals surface area contributed by atoms with Gasteiger partial charge in [0.05, 0.1) is 7.08 Å². The van der Waals surface area contributed by atoms with Gasteiger partial charge in [-0.25, -0.2) is 4.79 Å². The molecule has 4 aliphatic carbocycles. The summed E-state index contributed by atoms with van der Waals surface area (Å²) >= 11 is 0. The summed E-state index contributed by atoms with van der Waals surface area (Å²) in [5, 5.41) is 3.57. The number of oxime groups is 1. The Morgan fingerprint density at radius 1 is 1.27 bits per heavy atom. The van der Waals surface area contributed by atoms with Gasteiger partial charge in [-0.3, -0.25) is 4.79 Å². The van der Waals surface area contributed by atoms with E-state index in [0.29, 0.717) is 32.1 Å². The van der Waals surface area contributed by atoms with E-state index >= 15 is 0 Å². The molecular weight excluding hydrogens is 378 g/mol. The molecule has 6 atom stereocenters. The van der Waals surface area contributed by atoms with E-state index in [1.165, 1.54) is 6.92 Å². The number of terminal acetylenes is 1. The van der Waals surface area contributed by atoms with Gasteiger partial charge in [0, 0.05) is 26.1 Å². The Balaban J connectivity index is 1.84. The van der Waals surface area contributed by atoms with Gasteiger partial charge in [0.1, 0.15) is 0 Å². The van der Waals surface area contributed by atoms with E-state index in [4.69, 9.17) is 18.0 Å². The Hall–Kier alpha value is -2.09. The highest BCUT2D eigenvalue weighted by Crippen LogP contribution is 2.67. The molecule has 162 valence electrons. The first-order valence-electron chi connectivity index (χ1n) is 13.8. The Bertz CT molecular complexity index is 1100. The minimum absolute atomic E-state index is 0.0486. The summed E-state index contributed by atoms with van der Waals surface area (Å²) in [7, 11) is 0. The molecule has 3 saturated carbocycles. The van der Waals surface area contributed by atoms with E-state index < -0.39 is 65.7 Å². The third-order valence-corrected chi connectivity index (χ3v) is 7.68. The summed E-state index contributed by atoms with van der Waals surface area (Å²) < 4.78 is 59.2. The van der Waals surface area contributed by atoms with Crippen molar-refractivity contribution in [1.29, 1.82) is 0 Å². The van der Waals surface area contributed by atoms with Crippen LogP contribution in [0.1, 0.15) is 86.7 Å². The zero-order valence-electron chi connectivity index (χ0n) is 23.8. The number of nitrogens with zero attached hydrogens (tertiary/aromatic N) is 1. The third kappa shape index (κ3) is 3.20. The number of carbonyl (C=O) groups is 2. The van der Waals surface area contributed by atoms with Crippen LogP contribution >= 0.6 is 0 Å². The van der Waals surface area contributed by atoms with Crippen LogP contribution in [0.4, 0.5) is 0 Å². The zero-order chi connectivity index (χ0) is 26.9. The van der Waals surface area contributed by atoms with Gasteiger partial charge in [-0.1, -0.05) is 23.6 Å². The highest BCUT2D eigenvalue weighted by atomic mass is 16.7. The molecule has 3 unspecified atom stereocenters. The second kappa shape index (κ2) is 7.87. The second-order valence-electron chi connectivity index (χ2n) is 8.81. The SMILES string of the molecule is [2H]C1=C2C([2H])([2H])CC3C4CC[C@](C#C)(OC(C)=O)[C@@]4(CC)CCC3[C@@]2([2H])CC([2H])([2H])/C1=N/OC(C)=O. The van der Waals surface area contributed by atoms with Gasteiger partial charge < -0.3 is 9.57 Å². The van der Waals surface area contributed by atoms with E-state index in [-0.39, 0.29) is 23.8 Å². The largest absolute Gasteiger partial charge is 0.445 e. The lowest BCUT2D eigenvalue weighted by Gasteiger charge is -2.56. The second-order valence-corrected chi connectivity index (χ2v) is 8.81. The van der Waals surface area contributed by atoms with Crippen LogP contribution in [-0.2, 0) is 19.2 Å². The van der Waals surface area contributed by atoms with Crippen molar-refractivity contribution in [3.8, 4) is 12.3 Å². The molecule has 5 heteroatoms. The summed E-state index contributed by atoms with van der Waals surface area (Å²) in [5.41, 5.74) is -2.20. The molecule has 0 spiro atoms. The quantitative estimate of drug-likeness (QED) is 0.286. The van der Waals surface area contributed by atoms with Crippen molar-refractivity contribution < 1.29 is 27.4 Å². The predicted octanol–water partition coefficient (Wildman–Crippen LogP) is 4.80. The molecule has 30 heavy (non-hydrogen) atoms. The third-order valence-electron chi connectivity index (χ3n) is 7.68. The maximum atomic E-state index is 12.0. The minimum Gasteiger partial charge on any atom is -0.445 e. The summed E-state index contributed by atoms with van der Waals surface area (Å²) in [5.74, 6) is -0.923. The molecule has 0 saturated heterocycles. The van der Waals surface area contributed by atoms with Crippen molar-refractivity contribution in [3.63, 3.8) is 0 Å². The molecule has 3 fully saturated rings. The van der Waals surface area contributed by atoms with E-state index in [2.05, 4.69) is 15.9 Å². The zero-order valence-corrected chi connectivity index (χ0v) is 17.8. The van der Waals surface area contributed by atoms with Crippen LogP contribution in [0.5, 0.6) is 0 Å². The predicted molar refractivity (Wildman–Crippen MR) is 114 cm³/mol. The summed E-state index contributed by atoms with van der Waals surface area (Å²) in [6.07, 6.45) is 4.07. The van der Waals surface area contributed by atoms with Crippen LogP contribution in [0.3, 0.4) is 0 Å². The molecule has 0 aromatic heterocycles. The van der Waals surface area contributed by atoms with Crippen LogP contribution in [0.25, 0.3) is 0 Å². The topological polar surface area (TPSA) is 65.0 Å². The average Bonchev–Trinajstić information content (AvgIpc) is 3.06. The number of ether oxygens (including phenoxy) is 1. The lowest BCUT2D eigenvalue weighted by atomic mass is 9.49. The van der Waals surface area contributed by atoms with Gasteiger partial charge in [-0.2, -0.15) is 0 Å². The van der Waals surface area contributed by atoms with Crippen molar-refractivity contribution in [2.75, 3.05) is 0 Å². The first-order chi connectivity index (χ1) is 16.6. The normalized spacial score (nSPS) is 50.1. The van der Waals surface area contributed by atoms with Gasteiger partial charge in [-0.15, -0.1) is 6.42 Å². The van der Waals surface area contributed by atoms with Crippen LogP contribution in [-0.4, -0.2) is 23.3 Å². The Morgan fingerprint density at radius 2 is 2.07 bits per heavy atom. The molecule has 0 amide bonds. The minimum atomic E-state index is -2.26.